The lowest BCUT2D eigenvalue weighted by molar-refractivity contribution is 0.794. The summed E-state index contributed by atoms with van der Waals surface area (Å²) >= 11 is 0. The average Bonchev–Trinajstić information content (AvgIpc) is 3.90. The Morgan fingerprint density at radius 2 is 0.609 bits per heavy atom. The second-order valence-corrected chi connectivity index (χ2v) is 17.8. The molecule has 0 saturated heterocycles. The average molecular weight is 877 g/mol. The van der Waals surface area contributed by atoms with Gasteiger partial charge in [-0.2, -0.15) is 5.26 Å². The van der Waals surface area contributed by atoms with E-state index in [0.29, 0.717) is 23.0 Å². The van der Waals surface area contributed by atoms with Crippen molar-refractivity contribution >= 4 is 0 Å². The molecule has 1 spiro atoms. The van der Waals surface area contributed by atoms with Gasteiger partial charge in [0.15, 0.2) is 17.5 Å². The molecule has 0 bridgehead atoms. The van der Waals surface area contributed by atoms with Crippen molar-refractivity contribution in [1.29, 1.82) is 5.26 Å². The van der Waals surface area contributed by atoms with Gasteiger partial charge in [-0.05, 0) is 125 Å². The van der Waals surface area contributed by atoms with Gasteiger partial charge in [-0.3, -0.25) is 0 Å². The lowest BCUT2D eigenvalue weighted by Crippen LogP contribution is -2.25. The summed E-state index contributed by atoms with van der Waals surface area (Å²) in [5.74, 6) is 1.84. The smallest absolute Gasteiger partial charge is 0.164 e. The highest BCUT2D eigenvalue weighted by molar-refractivity contribution is 5.96. The Labute approximate surface area is 401 Å². The molecule has 0 atom stereocenters. The van der Waals surface area contributed by atoms with E-state index in [9.17, 15) is 5.26 Å². The van der Waals surface area contributed by atoms with Crippen molar-refractivity contribution in [1.82, 2.24) is 15.0 Å². The Morgan fingerprint density at radius 3 is 1.13 bits per heavy atom. The van der Waals surface area contributed by atoms with Crippen molar-refractivity contribution in [3.05, 3.63) is 270 Å². The first kappa shape index (κ1) is 40.0. The number of benzene rings is 10. The van der Waals surface area contributed by atoms with E-state index in [2.05, 4.69) is 200 Å². The topological polar surface area (TPSA) is 62.5 Å². The normalized spacial score (nSPS) is 12.4. The Balaban J connectivity index is 0.851. The lowest BCUT2D eigenvalue weighted by Gasteiger charge is -2.30. The third kappa shape index (κ3) is 6.63. The van der Waals surface area contributed by atoms with E-state index in [-0.39, 0.29) is 0 Å². The van der Waals surface area contributed by atoms with Gasteiger partial charge in [0.25, 0.3) is 0 Å². The van der Waals surface area contributed by atoms with Crippen LogP contribution >= 0.6 is 0 Å². The van der Waals surface area contributed by atoms with Crippen molar-refractivity contribution < 1.29 is 0 Å². The van der Waals surface area contributed by atoms with Crippen molar-refractivity contribution in [2.24, 2.45) is 0 Å². The van der Waals surface area contributed by atoms with Gasteiger partial charge in [0.1, 0.15) is 0 Å². The van der Waals surface area contributed by atoms with E-state index >= 15 is 0 Å². The molecule has 13 rings (SSSR count). The molecule has 0 unspecified atom stereocenters. The quantitative estimate of drug-likeness (QED) is 0.160. The largest absolute Gasteiger partial charge is 0.208 e. The number of nitriles is 1. The van der Waals surface area contributed by atoms with Crippen molar-refractivity contribution in [3.8, 4) is 107 Å². The molecule has 1 heterocycles. The van der Waals surface area contributed by atoms with Gasteiger partial charge in [-0.25, -0.2) is 15.0 Å². The minimum atomic E-state index is -0.453. The van der Waals surface area contributed by atoms with Gasteiger partial charge in [0, 0.05) is 16.7 Å². The number of aromatic nitrogens is 3. The summed E-state index contributed by atoms with van der Waals surface area (Å²) in [5.41, 5.74) is 21.7. The maximum absolute atomic E-state index is 10.0. The van der Waals surface area contributed by atoms with E-state index in [0.717, 1.165) is 66.8 Å². The highest BCUT2D eigenvalue weighted by Gasteiger charge is 2.51. The summed E-state index contributed by atoms with van der Waals surface area (Å²) in [7, 11) is 0. The van der Waals surface area contributed by atoms with Gasteiger partial charge in [0.05, 0.1) is 17.0 Å². The summed E-state index contributed by atoms with van der Waals surface area (Å²) in [6.07, 6.45) is 0. The van der Waals surface area contributed by atoms with Crippen LogP contribution in [0.15, 0.2) is 243 Å². The highest BCUT2D eigenvalue weighted by atomic mass is 15.0. The zero-order chi connectivity index (χ0) is 45.9. The summed E-state index contributed by atoms with van der Waals surface area (Å²) in [6, 6.07) is 88.1. The first-order chi connectivity index (χ1) is 34.1. The number of hydrogen-bond donors (Lipinski definition) is 0. The molecule has 0 fully saturated rings. The van der Waals surface area contributed by atoms with Gasteiger partial charge < -0.3 is 0 Å². The molecule has 0 radical (unpaired) electrons. The second kappa shape index (κ2) is 16.2. The Kier molecular flexibility index (Phi) is 9.42. The highest BCUT2D eigenvalue weighted by Crippen LogP contribution is 2.63. The molecule has 0 amide bonds. The van der Waals surface area contributed by atoms with E-state index in [1.165, 1.54) is 38.9 Å². The minimum absolute atomic E-state index is 0.453. The van der Waals surface area contributed by atoms with Crippen LogP contribution in [0.1, 0.15) is 27.8 Å². The van der Waals surface area contributed by atoms with Crippen molar-refractivity contribution in [2.75, 3.05) is 0 Å². The second-order valence-electron chi connectivity index (χ2n) is 17.8. The minimum Gasteiger partial charge on any atom is -0.208 e. The first-order valence-electron chi connectivity index (χ1n) is 23.3. The predicted octanol–water partition coefficient (Wildman–Crippen LogP) is 15.8. The molecule has 0 N–H and O–H groups in total. The molecule has 0 aliphatic heterocycles. The number of rotatable bonds is 7. The Hall–Kier alpha value is -9.30. The van der Waals surface area contributed by atoms with Crippen molar-refractivity contribution in [2.45, 2.75) is 5.41 Å². The Morgan fingerprint density at radius 1 is 0.261 bits per heavy atom. The summed E-state index contributed by atoms with van der Waals surface area (Å²) in [5, 5.41) is 10.0. The van der Waals surface area contributed by atoms with E-state index < -0.39 is 5.41 Å². The zero-order valence-electron chi connectivity index (χ0n) is 37.4. The summed E-state index contributed by atoms with van der Waals surface area (Å²) in [6.45, 7) is 0. The molecular formula is C65H40N4. The molecule has 2 aliphatic rings. The lowest BCUT2D eigenvalue weighted by atomic mass is 9.70. The van der Waals surface area contributed by atoms with Gasteiger partial charge in [-0.15, -0.1) is 0 Å². The van der Waals surface area contributed by atoms with Crippen LogP contribution in [-0.4, -0.2) is 15.0 Å². The van der Waals surface area contributed by atoms with E-state index in [1.54, 1.807) is 0 Å². The van der Waals surface area contributed by atoms with Gasteiger partial charge >= 0.3 is 0 Å². The monoisotopic (exact) mass is 876 g/mol. The fourth-order valence-corrected chi connectivity index (χ4v) is 10.8. The van der Waals surface area contributed by atoms with E-state index in [1.807, 2.05) is 48.5 Å². The van der Waals surface area contributed by atoms with Crippen LogP contribution in [0, 0.1) is 11.3 Å². The SMILES string of the molecule is N#Cc1ccc2c(c1)-c1cc(-c3ccc(-c4ccc(-c5nc(-c6ccccc6)nc(-c6cc(-c7ccccc7)cc(-c7ccccc7)c6)n5)cc4)cc3)ccc1C21c2ccccc2-c2ccccc21. The van der Waals surface area contributed by atoms with Gasteiger partial charge in [0.2, 0.25) is 0 Å². The standard InChI is InChI=1S/C65H40N4/c66-41-42-24-34-60-56(36-42)57-40-50(33-35-61(57)65(60)58-22-12-10-20-54(58)55-21-11-13-23-59(55)65)47-27-25-45(26-28-47)46-29-31-49(32-30-46)63-67-62(48-18-8-3-9-19-48)68-64(69-63)53-38-51(43-14-4-1-5-15-43)37-52(39-53)44-16-6-2-7-17-44/h1-40H. The molecule has 320 valence electrons. The molecule has 1 aromatic heterocycles. The molecule has 4 nitrogen and oxygen atoms in total. The van der Waals surface area contributed by atoms with Crippen LogP contribution in [0.2, 0.25) is 0 Å². The number of nitrogens with zero attached hydrogens (tertiary/aromatic N) is 4. The third-order valence-electron chi connectivity index (χ3n) is 14.0. The molecule has 4 heteroatoms. The zero-order valence-corrected chi connectivity index (χ0v) is 37.4. The molecule has 2 aliphatic carbocycles. The molecule has 11 aromatic rings. The first-order valence-corrected chi connectivity index (χ1v) is 23.3. The molecular weight excluding hydrogens is 837 g/mol. The van der Waals surface area contributed by atoms with Crippen LogP contribution in [-0.2, 0) is 5.41 Å². The molecule has 69 heavy (non-hydrogen) atoms. The van der Waals surface area contributed by atoms with Crippen LogP contribution in [0.5, 0.6) is 0 Å². The summed E-state index contributed by atoms with van der Waals surface area (Å²) < 4.78 is 0. The molecule has 10 aromatic carbocycles. The Bertz CT molecular complexity index is 3710. The maximum Gasteiger partial charge on any atom is 0.164 e. The van der Waals surface area contributed by atoms with Crippen LogP contribution < -0.4 is 0 Å². The number of fused-ring (bicyclic) bond motifs is 10. The maximum atomic E-state index is 10.0. The van der Waals surface area contributed by atoms with Gasteiger partial charge in [-0.1, -0.05) is 206 Å². The fourth-order valence-electron chi connectivity index (χ4n) is 10.8. The van der Waals surface area contributed by atoms with E-state index in [4.69, 9.17) is 15.0 Å². The van der Waals surface area contributed by atoms with Crippen LogP contribution in [0.4, 0.5) is 0 Å². The third-order valence-corrected chi connectivity index (χ3v) is 14.0. The predicted molar refractivity (Wildman–Crippen MR) is 279 cm³/mol. The number of hydrogen-bond acceptors (Lipinski definition) is 4. The van der Waals surface area contributed by atoms with Crippen LogP contribution in [0.3, 0.4) is 0 Å². The fraction of sp³-hybridized carbons (Fsp3) is 0.0154. The summed E-state index contributed by atoms with van der Waals surface area (Å²) in [4.78, 5) is 15.3. The van der Waals surface area contributed by atoms with Crippen molar-refractivity contribution in [3.63, 3.8) is 0 Å². The van der Waals surface area contributed by atoms with Crippen LogP contribution in [0.25, 0.3) is 101 Å². The molecule has 0 saturated carbocycles.